The standard InChI is InChI=1S/C17H13Cl2N3O3/c18-10-2-4-13-14(8-10)22-15(21-13)5-6-25-17(24)11-3-1-9(16(20)23)7-12(11)19/h1-4,7-8H,5-6H2,(H2,20,23)(H,21,22). The minimum absolute atomic E-state index is 0.111. The molecule has 1 heterocycles. The number of carbonyl (C=O) groups is 2. The van der Waals surface area contributed by atoms with Crippen molar-refractivity contribution in [3.8, 4) is 0 Å². The molecule has 1 amide bonds. The molecule has 8 heteroatoms. The molecule has 2 aromatic carbocycles. The van der Waals surface area contributed by atoms with Crippen LogP contribution in [0.5, 0.6) is 0 Å². The Morgan fingerprint density at radius 3 is 2.68 bits per heavy atom. The van der Waals surface area contributed by atoms with Crippen LogP contribution >= 0.6 is 23.2 Å². The SMILES string of the molecule is NC(=O)c1ccc(C(=O)OCCc2nc3cc(Cl)ccc3[nH]2)c(Cl)c1. The van der Waals surface area contributed by atoms with Crippen molar-refractivity contribution in [1.82, 2.24) is 9.97 Å². The summed E-state index contributed by atoms with van der Waals surface area (Å²) in [7, 11) is 0. The number of ether oxygens (including phenoxy) is 1. The van der Waals surface area contributed by atoms with E-state index in [-0.39, 0.29) is 22.8 Å². The Balaban J connectivity index is 1.63. The lowest BCUT2D eigenvalue weighted by Gasteiger charge is -2.06. The number of benzene rings is 2. The van der Waals surface area contributed by atoms with Crippen LogP contribution < -0.4 is 5.73 Å². The van der Waals surface area contributed by atoms with Gasteiger partial charge in [0.25, 0.3) is 0 Å². The molecule has 0 unspecified atom stereocenters. The Morgan fingerprint density at radius 1 is 1.16 bits per heavy atom. The highest BCUT2D eigenvalue weighted by atomic mass is 35.5. The first kappa shape index (κ1) is 17.3. The van der Waals surface area contributed by atoms with E-state index in [0.29, 0.717) is 17.3 Å². The predicted molar refractivity (Wildman–Crippen MR) is 95.1 cm³/mol. The fourth-order valence-electron chi connectivity index (χ4n) is 2.30. The normalized spacial score (nSPS) is 10.8. The van der Waals surface area contributed by atoms with Crippen LogP contribution in [0.1, 0.15) is 26.5 Å². The number of fused-ring (bicyclic) bond motifs is 1. The van der Waals surface area contributed by atoms with E-state index in [9.17, 15) is 9.59 Å². The number of aromatic nitrogens is 2. The zero-order chi connectivity index (χ0) is 18.0. The molecular formula is C17H13Cl2N3O3. The number of hydrogen-bond acceptors (Lipinski definition) is 4. The molecule has 0 saturated carbocycles. The summed E-state index contributed by atoms with van der Waals surface area (Å²) in [6.45, 7) is 0.125. The maximum absolute atomic E-state index is 12.1. The largest absolute Gasteiger partial charge is 0.462 e. The average molecular weight is 378 g/mol. The third-order valence-corrected chi connectivity index (χ3v) is 4.09. The number of aromatic amines is 1. The van der Waals surface area contributed by atoms with Crippen molar-refractivity contribution >= 4 is 46.1 Å². The average Bonchev–Trinajstić information content (AvgIpc) is 2.96. The molecule has 0 aliphatic rings. The Labute approximate surface area is 152 Å². The van der Waals surface area contributed by atoms with Crippen LogP contribution in [0.25, 0.3) is 11.0 Å². The molecule has 0 bridgehead atoms. The lowest BCUT2D eigenvalue weighted by Crippen LogP contribution is -2.13. The molecule has 0 radical (unpaired) electrons. The highest BCUT2D eigenvalue weighted by Gasteiger charge is 2.14. The van der Waals surface area contributed by atoms with Crippen LogP contribution in [0, 0.1) is 0 Å². The van der Waals surface area contributed by atoms with Crippen LogP contribution in [0.2, 0.25) is 10.0 Å². The van der Waals surface area contributed by atoms with Crippen LogP contribution in [0.3, 0.4) is 0 Å². The van der Waals surface area contributed by atoms with Gasteiger partial charge in [-0.3, -0.25) is 4.79 Å². The number of hydrogen-bond donors (Lipinski definition) is 2. The number of H-pyrrole nitrogens is 1. The predicted octanol–water partition coefficient (Wildman–Crippen LogP) is 3.37. The van der Waals surface area contributed by atoms with E-state index in [1.165, 1.54) is 18.2 Å². The smallest absolute Gasteiger partial charge is 0.339 e. The van der Waals surface area contributed by atoms with Gasteiger partial charge in [0.15, 0.2) is 0 Å². The summed E-state index contributed by atoms with van der Waals surface area (Å²) in [6, 6.07) is 9.53. The van der Waals surface area contributed by atoms with Gasteiger partial charge in [-0.1, -0.05) is 23.2 Å². The van der Waals surface area contributed by atoms with Crippen LogP contribution in [-0.2, 0) is 11.2 Å². The molecule has 0 aliphatic carbocycles. The van der Waals surface area contributed by atoms with Crippen LogP contribution in [0.4, 0.5) is 0 Å². The lowest BCUT2D eigenvalue weighted by molar-refractivity contribution is 0.0507. The number of rotatable bonds is 5. The van der Waals surface area contributed by atoms with E-state index in [1.807, 2.05) is 6.07 Å². The third-order valence-electron chi connectivity index (χ3n) is 3.54. The van der Waals surface area contributed by atoms with Gasteiger partial charge in [0.2, 0.25) is 5.91 Å². The van der Waals surface area contributed by atoms with E-state index in [1.54, 1.807) is 12.1 Å². The first-order chi connectivity index (χ1) is 11.9. The minimum atomic E-state index is -0.619. The van der Waals surface area contributed by atoms with Crippen molar-refractivity contribution in [2.75, 3.05) is 6.61 Å². The summed E-state index contributed by atoms with van der Waals surface area (Å²) < 4.78 is 5.21. The molecule has 6 nitrogen and oxygen atoms in total. The van der Waals surface area contributed by atoms with Crippen molar-refractivity contribution in [3.63, 3.8) is 0 Å². The molecule has 25 heavy (non-hydrogen) atoms. The van der Waals surface area contributed by atoms with Gasteiger partial charge < -0.3 is 15.5 Å². The topological polar surface area (TPSA) is 98.1 Å². The molecule has 0 aliphatic heterocycles. The molecule has 0 saturated heterocycles. The Bertz CT molecular complexity index is 969. The highest BCUT2D eigenvalue weighted by molar-refractivity contribution is 6.34. The summed E-state index contributed by atoms with van der Waals surface area (Å²) in [6.07, 6.45) is 0.412. The lowest BCUT2D eigenvalue weighted by atomic mass is 10.1. The molecule has 0 spiro atoms. The Morgan fingerprint density at radius 2 is 1.96 bits per heavy atom. The maximum Gasteiger partial charge on any atom is 0.339 e. The number of amides is 1. The molecule has 3 N–H and O–H groups in total. The van der Waals surface area contributed by atoms with Crippen LogP contribution in [0.15, 0.2) is 36.4 Å². The van der Waals surface area contributed by atoms with Gasteiger partial charge in [-0.15, -0.1) is 0 Å². The molecule has 0 atom stereocenters. The van der Waals surface area contributed by atoms with E-state index in [2.05, 4.69) is 9.97 Å². The van der Waals surface area contributed by atoms with E-state index in [0.717, 1.165) is 11.0 Å². The second-order valence-corrected chi connectivity index (χ2v) is 6.13. The number of nitrogens with two attached hydrogens (primary N) is 1. The van der Waals surface area contributed by atoms with E-state index < -0.39 is 11.9 Å². The van der Waals surface area contributed by atoms with Crippen molar-refractivity contribution in [1.29, 1.82) is 0 Å². The van der Waals surface area contributed by atoms with Gasteiger partial charge in [0, 0.05) is 17.0 Å². The quantitative estimate of drug-likeness (QED) is 0.665. The van der Waals surface area contributed by atoms with E-state index in [4.69, 9.17) is 33.7 Å². The molecular weight excluding hydrogens is 365 g/mol. The summed E-state index contributed by atoms with van der Waals surface area (Å²) in [5.74, 6) is -0.521. The first-order valence-corrected chi connectivity index (χ1v) is 8.10. The van der Waals surface area contributed by atoms with Gasteiger partial charge >= 0.3 is 5.97 Å². The second-order valence-electron chi connectivity index (χ2n) is 5.29. The molecule has 128 valence electrons. The number of halogens is 2. The molecule has 3 aromatic rings. The monoisotopic (exact) mass is 377 g/mol. The molecule has 0 fully saturated rings. The number of nitrogens with zero attached hydrogens (tertiary/aromatic N) is 1. The second kappa shape index (κ2) is 7.13. The highest BCUT2D eigenvalue weighted by Crippen LogP contribution is 2.20. The van der Waals surface area contributed by atoms with Gasteiger partial charge in [-0.2, -0.15) is 0 Å². The number of nitrogens with one attached hydrogen (secondary N) is 1. The van der Waals surface area contributed by atoms with Gasteiger partial charge in [-0.05, 0) is 36.4 Å². The fourth-order valence-corrected chi connectivity index (χ4v) is 2.73. The van der Waals surface area contributed by atoms with Crippen molar-refractivity contribution < 1.29 is 14.3 Å². The van der Waals surface area contributed by atoms with Gasteiger partial charge in [0.05, 0.1) is 28.2 Å². The summed E-state index contributed by atoms with van der Waals surface area (Å²) in [5, 5.41) is 0.714. The number of imidazole rings is 1. The molecule has 3 rings (SSSR count). The van der Waals surface area contributed by atoms with Crippen molar-refractivity contribution in [2.45, 2.75) is 6.42 Å². The maximum atomic E-state index is 12.1. The molecule has 1 aromatic heterocycles. The van der Waals surface area contributed by atoms with Gasteiger partial charge in [0.1, 0.15) is 5.82 Å². The van der Waals surface area contributed by atoms with E-state index >= 15 is 0 Å². The van der Waals surface area contributed by atoms with Crippen molar-refractivity contribution in [3.05, 3.63) is 63.4 Å². The number of primary amides is 1. The zero-order valence-corrected chi connectivity index (χ0v) is 14.4. The summed E-state index contributed by atoms with van der Waals surface area (Å²) in [4.78, 5) is 30.7. The number of carbonyl (C=O) groups excluding carboxylic acids is 2. The van der Waals surface area contributed by atoms with Crippen LogP contribution in [-0.4, -0.2) is 28.5 Å². The first-order valence-electron chi connectivity index (χ1n) is 7.34. The summed E-state index contributed by atoms with van der Waals surface area (Å²) in [5.41, 5.74) is 7.16. The number of esters is 1. The summed E-state index contributed by atoms with van der Waals surface area (Å²) >= 11 is 11.9. The van der Waals surface area contributed by atoms with Crippen molar-refractivity contribution in [2.24, 2.45) is 5.73 Å². The minimum Gasteiger partial charge on any atom is -0.462 e. The zero-order valence-electron chi connectivity index (χ0n) is 12.9. The third kappa shape index (κ3) is 3.92. The fraction of sp³-hybridized carbons (Fsp3) is 0.118. The van der Waals surface area contributed by atoms with Gasteiger partial charge in [-0.25, -0.2) is 9.78 Å². The Hall–Kier alpha value is -2.57. The Kier molecular flexibility index (Phi) is 4.92.